The second-order valence-corrected chi connectivity index (χ2v) is 9.78. The van der Waals surface area contributed by atoms with Crippen LogP contribution in [0.1, 0.15) is 122 Å². The third kappa shape index (κ3) is 14.4. The van der Waals surface area contributed by atoms with Gasteiger partial charge in [-0.1, -0.05) is 102 Å². The number of nitrogens with two attached hydrogens (primary N) is 1. The Balaban J connectivity index is 1.89. The number of carboxylic acid groups (broad SMARTS) is 1. The molecule has 0 saturated heterocycles. The van der Waals surface area contributed by atoms with Gasteiger partial charge in [-0.25, -0.2) is 14.3 Å². The van der Waals surface area contributed by atoms with Gasteiger partial charge in [0.15, 0.2) is 6.54 Å². The lowest BCUT2D eigenvalue weighted by Crippen LogP contribution is -2.52. The molecular weight excluding hydrogens is 410 g/mol. The molecule has 0 amide bonds. The topological polar surface area (TPSA) is 75.7 Å². The van der Waals surface area contributed by atoms with Gasteiger partial charge in [0, 0.05) is 13.0 Å². The number of rotatable bonds is 24. The van der Waals surface area contributed by atoms with Crippen LogP contribution in [0.5, 0.6) is 0 Å². The summed E-state index contributed by atoms with van der Waals surface area (Å²) in [4.78, 5) is 15.7. The highest BCUT2D eigenvalue weighted by Gasteiger charge is 2.36. The van der Waals surface area contributed by atoms with Crippen molar-refractivity contribution in [1.29, 1.82) is 0 Å². The molecule has 1 unspecified atom stereocenters. The first kappa shape index (κ1) is 29.6. The monoisotopic (exact) mass is 462 g/mol. The van der Waals surface area contributed by atoms with Gasteiger partial charge in [-0.05, 0) is 19.3 Å². The van der Waals surface area contributed by atoms with Crippen LogP contribution in [0.15, 0.2) is 30.0 Å². The lowest BCUT2D eigenvalue weighted by molar-refractivity contribution is -0.778. The summed E-state index contributed by atoms with van der Waals surface area (Å²) in [6, 6.07) is 0. The highest BCUT2D eigenvalue weighted by atomic mass is 16.4. The molecule has 3 N–H and O–H groups in total. The number of quaternary nitrogens is 1. The van der Waals surface area contributed by atoms with E-state index in [0.29, 0.717) is 17.6 Å². The SMILES string of the molecule is C=CCCCCCCCCCCCCCCCCCCCC1=NC=C[N+]1(CCN)CC(=O)O. The van der Waals surface area contributed by atoms with Gasteiger partial charge in [-0.2, -0.15) is 0 Å². The predicted molar refractivity (Wildman–Crippen MR) is 141 cm³/mol. The number of carbonyl (C=O) groups is 1. The van der Waals surface area contributed by atoms with Crippen LogP contribution < -0.4 is 5.73 Å². The van der Waals surface area contributed by atoms with Crippen molar-refractivity contribution in [3.05, 3.63) is 25.1 Å². The van der Waals surface area contributed by atoms with Crippen LogP contribution in [0, 0.1) is 0 Å². The van der Waals surface area contributed by atoms with Gasteiger partial charge in [0.2, 0.25) is 5.84 Å². The summed E-state index contributed by atoms with van der Waals surface area (Å²) in [5.41, 5.74) is 5.73. The van der Waals surface area contributed by atoms with Crippen LogP contribution in [0.2, 0.25) is 0 Å². The molecule has 1 aliphatic heterocycles. The van der Waals surface area contributed by atoms with E-state index in [-0.39, 0.29) is 6.54 Å². The van der Waals surface area contributed by atoms with Gasteiger partial charge in [0.05, 0.1) is 6.20 Å². The van der Waals surface area contributed by atoms with Gasteiger partial charge >= 0.3 is 5.97 Å². The maximum Gasteiger partial charge on any atom is 0.360 e. The molecule has 33 heavy (non-hydrogen) atoms. The Morgan fingerprint density at radius 3 is 1.73 bits per heavy atom. The van der Waals surface area contributed by atoms with Gasteiger partial charge in [0.25, 0.3) is 0 Å². The number of aliphatic imine (C=N–C) groups is 1. The summed E-state index contributed by atoms with van der Waals surface area (Å²) in [5, 5.41) is 9.27. The number of hydrogen-bond acceptors (Lipinski definition) is 3. The average molecular weight is 463 g/mol. The summed E-state index contributed by atoms with van der Waals surface area (Å²) in [6.07, 6.45) is 30.7. The molecule has 190 valence electrons. The third-order valence-corrected chi connectivity index (χ3v) is 6.84. The molecule has 0 spiro atoms. The highest BCUT2D eigenvalue weighted by Crippen LogP contribution is 2.21. The third-order valence-electron chi connectivity index (χ3n) is 6.84. The molecule has 1 heterocycles. The number of amidine groups is 1. The Bertz CT molecular complexity index is 573. The fourth-order valence-corrected chi connectivity index (χ4v) is 4.86. The number of allylic oxidation sites excluding steroid dienone is 1. The number of nitrogens with zero attached hydrogens (tertiary/aromatic N) is 2. The van der Waals surface area contributed by atoms with Gasteiger partial charge in [-0.3, -0.25) is 0 Å². The first-order valence-electron chi connectivity index (χ1n) is 13.8. The van der Waals surface area contributed by atoms with Crippen LogP contribution in [0.25, 0.3) is 0 Å². The molecule has 1 rings (SSSR count). The molecule has 0 bridgehead atoms. The van der Waals surface area contributed by atoms with Gasteiger partial charge < -0.3 is 10.8 Å². The normalized spacial score (nSPS) is 17.4. The quantitative estimate of drug-likeness (QED) is 0.0895. The molecule has 1 atom stereocenters. The minimum Gasteiger partial charge on any atom is -0.477 e. The zero-order valence-corrected chi connectivity index (χ0v) is 21.3. The van der Waals surface area contributed by atoms with Crippen LogP contribution in [0.4, 0.5) is 0 Å². The summed E-state index contributed by atoms with van der Waals surface area (Å²) < 4.78 is 0.307. The van der Waals surface area contributed by atoms with E-state index in [0.717, 1.165) is 18.7 Å². The van der Waals surface area contributed by atoms with E-state index in [1.54, 1.807) is 6.20 Å². The van der Waals surface area contributed by atoms with Crippen LogP contribution in [-0.4, -0.2) is 41.0 Å². The number of carboxylic acids is 1. The van der Waals surface area contributed by atoms with Crippen molar-refractivity contribution in [1.82, 2.24) is 0 Å². The molecule has 0 fully saturated rings. The Kier molecular flexibility index (Phi) is 17.9. The van der Waals surface area contributed by atoms with Gasteiger partial charge in [0.1, 0.15) is 12.7 Å². The fraction of sp³-hybridized carbons (Fsp3) is 0.786. The molecule has 5 heteroatoms. The number of aliphatic carboxylic acids is 1. The lowest BCUT2D eigenvalue weighted by Gasteiger charge is -2.30. The van der Waals surface area contributed by atoms with Crippen molar-refractivity contribution in [2.45, 2.75) is 122 Å². The molecule has 5 nitrogen and oxygen atoms in total. The Labute approximate surface area is 203 Å². The molecule has 0 aromatic carbocycles. The second-order valence-electron chi connectivity index (χ2n) is 9.78. The van der Waals surface area contributed by atoms with Crippen molar-refractivity contribution in [3.8, 4) is 0 Å². The summed E-state index contributed by atoms with van der Waals surface area (Å²) in [6.45, 7) is 4.90. The maximum atomic E-state index is 11.3. The van der Waals surface area contributed by atoms with E-state index < -0.39 is 5.97 Å². The van der Waals surface area contributed by atoms with Crippen molar-refractivity contribution in [3.63, 3.8) is 0 Å². The van der Waals surface area contributed by atoms with E-state index in [9.17, 15) is 9.90 Å². The number of unbranched alkanes of at least 4 members (excludes halogenated alkanes) is 17. The smallest absolute Gasteiger partial charge is 0.360 e. The Morgan fingerprint density at radius 2 is 1.30 bits per heavy atom. The molecule has 0 radical (unpaired) electrons. The van der Waals surface area contributed by atoms with Crippen LogP contribution in [0.3, 0.4) is 0 Å². The molecule has 0 aromatic heterocycles. The average Bonchev–Trinajstić information content (AvgIpc) is 3.16. The van der Waals surface area contributed by atoms with E-state index in [4.69, 9.17) is 5.73 Å². The zero-order valence-electron chi connectivity index (χ0n) is 21.3. The lowest BCUT2D eigenvalue weighted by atomic mass is 10.0. The largest absolute Gasteiger partial charge is 0.477 e. The minimum atomic E-state index is -0.798. The van der Waals surface area contributed by atoms with Crippen LogP contribution in [-0.2, 0) is 4.79 Å². The van der Waals surface area contributed by atoms with E-state index in [1.165, 1.54) is 109 Å². The van der Waals surface area contributed by atoms with E-state index >= 15 is 0 Å². The van der Waals surface area contributed by atoms with Crippen molar-refractivity contribution in [2.24, 2.45) is 10.7 Å². The first-order chi connectivity index (χ1) is 16.1. The summed E-state index contributed by atoms with van der Waals surface area (Å²) in [5.74, 6) is 0.166. The van der Waals surface area contributed by atoms with Gasteiger partial charge in [-0.15, -0.1) is 6.58 Å². The molecule has 0 saturated carbocycles. The zero-order chi connectivity index (χ0) is 24.0. The number of hydrogen-bond donors (Lipinski definition) is 2. The fourth-order valence-electron chi connectivity index (χ4n) is 4.86. The van der Waals surface area contributed by atoms with E-state index in [1.807, 2.05) is 12.3 Å². The van der Waals surface area contributed by atoms with Crippen molar-refractivity contribution in [2.75, 3.05) is 19.6 Å². The van der Waals surface area contributed by atoms with Crippen molar-refractivity contribution < 1.29 is 14.4 Å². The maximum absolute atomic E-state index is 11.3. The standard InChI is InChI=1S/C28H51N3O2/c1-2-3-4-5-6-7-8-9-10-11-12-13-14-15-16-17-18-19-20-21-27-30-23-25-31(27,24-22-29)26-28(32)33/h2,23,25H,1,3-22,24,26,29H2/p+1. The molecule has 0 aliphatic carbocycles. The minimum absolute atomic E-state index is 0.0446. The Morgan fingerprint density at radius 1 is 0.848 bits per heavy atom. The molecular formula is C28H52N3O2+. The highest BCUT2D eigenvalue weighted by molar-refractivity contribution is 5.81. The Hall–Kier alpha value is -1.46. The molecule has 0 aromatic rings. The first-order valence-corrected chi connectivity index (χ1v) is 13.8. The predicted octanol–water partition coefficient (Wildman–Crippen LogP) is 7.33. The van der Waals surface area contributed by atoms with E-state index in [2.05, 4.69) is 11.6 Å². The second kappa shape index (κ2) is 20.0. The van der Waals surface area contributed by atoms with Crippen LogP contribution >= 0.6 is 0 Å². The van der Waals surface area contributed by atoms with Crippen molar-refractivity contribution >= 4 is 11.8 Å². The molecule has 1 aliphatic rings. The summed E-state index contributed by atoms with van der Waals surface area (Å²) in [7, 11) is 0. The summed E-state index contributed by atoms with van der Waals surface area (Å²) >= 11 is 0.